The standard InChI is InChI=1S/C19H24O2/c1-2-15(14-17-8-12-19(21)13-9-17)4-3-5-16-6-10-18(20)11-7-16/h6-13,15,20-21H,2-5,14H2,1H3. The largest absolute Gasteiger partial charge is 0.508 e. The maximum Gasteiger partial charge on any atom is 0.115 e. The van der Waals surface area contributed by atoms with Gasteiger partial charge in [0, 0.05) is 0 Å². The summed E-state index contributed by atoms with van der Waals surface area (Å²) in [5.41, 5.74) is 2.58. The maximum absolute atomic E-state index is 9.32. The second-order valence-corrected chi connectivity index (χ2v) is 5.70. The van der Waals surface area contributed by atoms with Crippen molar-refractivity contribution in [3.8, 4) is 11.5 Å². The minimum atomic E-state index is 0.331. The molecule has 1 unspecified atom stereocenters. The van der Waals surface area contributed by atoms with E-state index in [-0.39, 0.29) is 0 Å². The summed E-state index contributed by atoms with van der Waals surface area (Å²) in [5.74, 6) is 1.35. The van der Waals surface area contributed by atoms with Gasteiger partial charge in [-0.15, -0.1) is 0 Å². The van der Waals surface area contributed by atoms with Crippen molar-refractivity contribution in [2.75, 3.05) is 0 Å². The lowest BCUT2D eigenvalue weighted by molar-refractivity contribution is 0.450. The number of phenols is 2. The van der Waals surface area contributed by atoms with Gasteiger partial charge in [-0.1, -0.05) is 37.6 Å². The Labute approximate surface area is 127 Å². The number of rotatable bonds is 7. The van der Waals surface area contributed by atoms with Crippen LogP contribution in [-0.2, 0) is 12.8 Å². The van der Waals surface area contributed by atoms with E-state index in [1.54, 1.807) is 24.3 Å². The summed E-state index contributed by atoms with van der Waals surface area (Å²) in [6, 6.07) is 15.0. The van der Waals surface area contributed by atoms with Gasteiger partial charge in [0.05, 0.1) is 0 Å². The van der Waals surface area contributed by atoms with E-state index in [0.29, 0.717) is 17.4 Å². The number of aromatic hydroxyl groups is 2. The molecule has 2 N–H and O–H groups in total. The van der Waals surface area contributed by atoms with Crippen LogP contribution >= 0.6 is 0 Å². The molecule has 1 atom stereocenters. The van der Waals surface area contributed by atoms with Gasteiger partial charge >= 0.3 is 0 Å². The van der Waals surface area contributed by atoms with Gasteiger partial charge in [0.1, 0.15) is 11.5 Å². The Morgan fingerprint density at radius 1 is 0.810 bits per heavy atom. The Kier molecular flexibility index (Phi) is 5.68. The van der Waals surface area contributed by atoms with Crippen LogP contribution in [0.5, 0.6) is 11.5 Å². The fourth-order valence-electron chi connectivity index (χ4n) is 2.67. The van der Waals surface area contributed by atoms with E-state index in [4.69, 9.17) is 0 Å². The Morgan fingerprint density at radius 2 is 1.33 bits per heavy atom. The molecule has 0 bridgehead atoms. The lowest BCUT2D eigenvalue weighted by Crippen LogP contribution is -2.04. The number of hydrogen-bond acceptors (Lipinski definition) is 2. The first-order valence-corrected chi connectivity index (χ1v) is 7.73. The second kappa shape index (κ2) is 7.72. The molecule has 0 aliphatic rings. The number of aryl methyl sites for hydroxylation is 1. The topological polar surface area (TPSA) is 40.5 Å². The fourth-order valence-corrected chi connectivity index (χ4v) is 2.67. The van der Waals surface area contributed by atoms with Gasteiger partial charge in [-0.3, -0.25) is 0 Å². The van der Waals surface area contributed by atoms with Crippen LogP contribution in [0.1, 0.15) is 37.3 Å². The van der Waals surface area contributed by atoms with E-state index in [1.165, 1.54) is 30.4 Å². The smallest absolute Gasteiger partial charge is 0.115 e. The van der Waals surface area contributed by atoms with Gasteiger partial charge in [-0.05, 0) is 67.0 Å². The first-order chi connectivity index (χ1) is 10.2. The molecule has 112 valence electrons. The molecule has 21 heavy (non-hydrogen) atoms. The van der Waals surface area contributed by atoms with Crippen LogP contribution in [0, 0.1) is 5.92 Å². The third kappa shape index (κ3) is 5.14. The van der Waals surface area contributed by atoms with Gasteiger partial charge in [0.2, 0.25) is 0 Å². The maximum atomic E-state index is 9.32. The van der Waals surface area contributed by atoms with Gasteiger partial charge in [0.15, 0.2) is 0 Å². The number of phenolic OH excluding ortho intramolecular Hbond substituents is 2. The molecular formula is C19H24O2. The molecule has 0 fully saturated rings. The highest BCUT2D eigenvalue weighted by Crippen LogP contribution is 2.21. The monoisotopic (exact) mass is 284 g/mol. The Balaban J connectivity index is 1.79. The quantitative estimate of drug-likeness (QED) is 0.774. The molecule has 0 heterocycles. The van der Waals surface area contributed by atoms with E-state index in [2.05, 4.69) is 6.92 Å². The predicted octanol–water partition coefficient (Wildman–Crippen LogP) is 4.69. The van der Waals surface area contributed by atoms with Crippen LogP contribution in [0.15, 0.2) is 48.5 Å². The third-order valence-electron chi connectivity index (χ3n) is 4.05. The van der Waals surface area contributed by atoms with E-state index >= 15 is 0 Å². The van der Waals surface area contributed by atoms with Crippen molar-refractivity contribution in [3.05, 3.63) is 59.7 Å². The van der Waals surface area contributed by atoms with Crippen molar-refractivity contribution in [1.29, 1.82) is 0 Å². The van der Waals surface area contributed by atoms with Crippen molar-refractivity contribution >= 4 is 0 Å². The first kappa shape index (κ1) is 15.4. The molecule has 0 spiro atoms. The summed E-state index contributed by atoms with van der Waals surface area (Å²) in [4.78, 5) is 0. The molecule has 2 aromatic carbocycles. The van der Waals surface area contributed by atoms with Crippen LogP contribution in [-0.4, -0.2) is 10.2 Å². The van der Waals surface area contributed by atoms with Crippen molar-refractivity contribution in [2.24, 2.45) is 5.92 Å². The minimum Gasteiger partial charge on any atom is -0.508 e. The zero-order chi connectivity index (χ0) is 15.1. The highest BCUT2D eigenvalue weighted by Gasteiger charge is 2.08. The molecule has 2 nitrogen and oxygen atoms in total. The number of benzene rings is 2. The van der Waals surface area contributed by atoms with Crippen molar-refractivity contribution in [2.45, 2.75) is 39.0 Å². The van der Waals surface area contributed by atoms with E-state index in [9.17, 15) is 10.2 Å². The SMILES string of the molecule is CCC(CCCc1ccc(O)cc1)Cc1ccc(O)cc1. The Hall–Kier alpha value is -1.96. The van der Waals surface area contributed by atoms with E-state index in [0.717, 1.165) is 12.8 Å². The summed E-state index contributed by atoms with van der Waals surface area (Å²) >= 11 is 0. The van der Waals surface area contributed by atoms with Crippen LogP contribution in [0.25, 0.3) is 0 Å². The third-order valence-corrected chi connectivity index (χ3v) is 4.05. The molecule has 0 aromatic heterocycles. The van der Waals surface area contributed by atoms with Crippen LogP contribution in [0.2, 0.25) is 0 Å². The van der Waals surface area contributed by atoms with Gasteiger partial charge in [0.25, 0.3) is 0 Å². The van der Waals surface area contributed by atoms with Gasteiger partial charge in [-0.2, -0.15) is 0 Å². The normalized spacial score (nSPS) is 12.2. The van der Waals surface area contributed by atoms with E-state index in [1.807, 2.05) is 24.3 Å². The minimum absolute atomic E-state index is 0.331. The lowest BCUT2D eigenvalue weighted by Gasteiger charge is -2.15. The summed E-state index contributed by atoms with van der Waals surface area (Å²) in [6.45, 7) is 2.24. The summed E-state index contributed by atoms with van der Waals surface area (Å²) in [7, 11) is 0. The highest BCUT2D eigenvalue weighted by atomic mass is 16.3. The molecule has 0 radical (unpaired) electrons. The average molecular weight is 284 g/mol. The lowest BCUT2D eigenvalue weighted by atomic mass is 9.91. The molecule has 0 amide bonds. The molecule has 0 saturated heterocycles. The summed E-state index contributed by atoms with van der Waals surface area (Å²) in [5, 5.41) is 18.6. The second-order valence-electron chi connectivity index (χ2n) is 5.70. The first-order valence-electron chi connectivity index (χ1n) is 7.73. The number of hydrogen-bond donors (Lipinski definition) is 2. The summed E-state index contributed by atoms with van der Waals surface area (Å²) in [6.07, 6.45) is 5.69. The molecule has 0 aliphatic carbocycles. The van der Waals surface area contributed by atoms with Crippen LogP contribution < -0.4 is 0 Å². The van der Waals surface area contributed by atoms with E-state index < -0.39 is 0 Å². The Morgan fingerprint density at radius 3 is 1.86 bits per heavy atom. The molecule has 0 saturated carbocycles. The van der Waals surface area contributed by atoms with Gasteiger partial charge in [-0.25, -0.2) is 0 Å². The van der Waals surface area contributed by atoms with Crippen molar-refractivity contribution in [1.82, 2.24) is 0 Å². The average Bonchev–Trinajstić information content (AvgIpc) is 2.50. The Bertz CT molecular complexity index is 528. The zero-order valence-corrected chi connectivity index (χ0v) is 12.6. The molecule has 0 aliphatic heterocycles. The molecule has 2 rings (SSSR count). The molecule has 2 aromatic rings. The summed E-state index contributed by atoms with van der Waals surface area (Å²) < 4.78 is 0. The zero-order valence-electron chi connectivity index (χ0n) is 12.6. The molecule has 2 heteroatoms. The van der Waals surface area contributed by atoms with Crippen molar-refractivity contribution < 1.29 is 10.2 Å². The predicted molar refractivity (Wildman–Crippen MR) is 86.6 cm³/mol. The fraction of sp³-hybridized carbons (Fsp3) is 0.368. The van der Waals surface area contributed by atoms with Crippen LogP contribution in [0.3, 0.4) is 0 Å². The van der Waals surface area contributed by atoms with Crippen molar-refractivity contribution in [3.63, 3.8) is 0 Å². The molecular weight excluding hydrogens is 260 g/mol. The highest BCUT2D eigenvalue weighted by molar-refractivity contribution is 5.27. The van der Waals surface area contributed by atoms with Crippen LogP contribution in [0.4, 0.5) is 0 Å². The van der Waals surface area contributed by atoms with Gasteiger partial charge < -0.3 is 10.2 Å².